The van der Waals surface area contributed by atoms with Crippen LogP contribution in [-0.4, -0.2) is 18.4 Å². The van der Waals surface area contributed by atoms with Crippen LogP contribution in [0.2, 0.25) is 0 Å². The van der Waals surface area contributed by atoms with Gasteiger partial charge in [0.25, 0.3) is 0 Å². The lowest BCUT2D eigenvalue weighted by Crippen LogP contribution is -2.07. The standard InChI is InChI=1S/C11H14FNO3/c1-6(2-3-13)9-10(12)7(14)4-8-11(9)16-5-15-8/h4,6,14H,2-3,5,13H2,1H3. The van der Waals surface area contributed by atoms with E-state index in [-0.39, 0.29) is 12.7 Å². The molecule has 1 unspecified atom stereocenters. The Hall–Kier alpha value is -1.49. The van der Waals surface area contributed by atoms with Gasteiger partial charge < -0.3 is 20.3 Å². The summed E-state index contributed by atoms with van der Waals surface area (Å²) in [6, 6.07) is 1.23. The number of fused-ring (bicyclic) bond motifs is 1. The maximum Gasteiger partial charge on any atom is 0.231 e. The van der Waals surface area contributed by atoms with Gasteiger partial charge in [-0.25, -0.2) is 4.39 Å². The maximum atomic E-state index is 13.8. The fraction of sp³-hybridized carbons (Fsp3) is 0.455. The van der Waals surface area contributed by atoms with Gasteiger partial charge in [0.15, 0.2) is 23.1 Å². The van der Waals surface area contributed by atoms with E-state index in [2.05, 4.69) is 0 Å². The summed E-state index contributed by atoms with van der Waals surface area (Å²) in [6.45, 7) is 2.35. The molecular formula is C11H14FNO3. The van der Waals surface area contributed by atoms with Gasteiger partial charge in [-0.1, -0.05) is 6.92 Å². The van der Waals surface area contributed by atoms with E-state index in [4.69, 9.17) is 15.2 Å². The van der Waals surface area contributed by atoms with Gasteiger partial charge in [0.05, 0.1) is 0 Å². The Bertz CT molecular complexity index is 409. The Labute approximate surface area is 92.8 Å². The van der Waals surface area contributed by atoms with E-state index in [1.165, 1.54) is 6.07 Å². The topological polar surface area (TPSA) is 64.7 Å². The number of hydrogen-bond acceptors (Lipinski definition) is 4. The molecule has 0 radical (unpaired) electrons. The highest BCUT2D eigenvalue weighted by atomic mass is 19.1. The summed E-state index contributed by atoms with van der Waals surface area (Å²) in [7, 11) is 0. The lowest BCUT2D eigenvalue weighted by molar-refractivity contribution is 0.172. The van der Waals surface area contributed by atoms with Gasteiger partial charge in [-0.05, 0) is 18.9 Å². The quantitative estimate of drug-likeness (QED) is 0.825. The number of rotatable bonds is 3. The Balaban J connectivity index is 2.49. The minimum absolute atomic E-state index is 0.0561. The first-order chi connectivity index (χ1) is 7.65. The van der Waals surface area contributed by atoms with E-state index in [0.29, 0.717) is 30.0 Å². The molecule has 5 heteroatoms. The predicted octanol–water partition coefficient (Wildman–Crippen LogP) is 1.71. The highest BCUT2D eigenvalue weighted by molar-refractivity contribution is 5.54. The summed E-state index contributed by atoms with van der Waals surface area (Å²) in [5.74, 6) is -0.408. The molecule has 4 nitrogen and oxygen atoms in total. The zero-order valence-electron chi connectivity index (χ0n) is 9.00. The molecule has 0 amide bonds. The number of benzene rings is 1. The van der Waals surface area contributed by atoms with Crippen molar-refractivity contribution < 1.29 is 19.0 Å². The number of hydrogen-bond donors (Lipinski definition) is 2. The van der Waals surface area contributed by atoms with Gasteiger partial charge in [0.1, 0.15) is 0 Å². The lowest BCUT2D eigenvalue weighted by Gasteiger charge is -2.14. The van der Waals surface area contributed by atoms with E-state index in [0.717, 1.165) is 0 Å². The zero-order chi connectivity index (χ0) is 11.7. The third-order valence-corrected chi connectivity index (χ3v) is 2.71. The van der Waals surface area contributed by atoms with Crippen molar-refractivity contribution in [2.45, 2.75) is 19.3 Å². The summed E-state index contributed by atoms with van der Waals surface area (Å²) in [6.07, 6.45) is 0.621. The fourth-order valence-electron chi connectivity index (χ4n) is 1.87. The van der Waals surface area contributed by atoms with E-state index in [1.54, 1.807) is 0 Å². The van der Waals surface area contributed by atoms with Crippen LogP contribution in [0.15, 0.2) is 6.07 Å². The number of phenols is 1. The summed E-state index contributed by atoms with van der Waals surface area (Å²) < 4.78 is 24.1. The first-order valence-corrected chi connectivity index (χ1v) is 5.16. The summed E-state index contributed by atoms with van der Waals surface area (Å²) in [4.78, 5) is 0. The van der Waals surface area contributed by atoms with Crippen LogP contribution in [0.4, 0.5) is 4.39 Å². The van der Waals surface area contributed by atoms with Gasteiger partial charge >= 0.3 is 0 Å². The Kier molecular flexibility index (Phi) is 2.87. The molecule has 0 saturated carbocycles. The first kappa shape index (κ1) is 11.0. The molecule has 1 aromatic rings. The van der Waals surface area contributed by atoms with Crippen LogP contribution in [0, 0.1) is 5.82 Å². The molecule has 0 aliphatic carbocycles. The van der Waals surface area contributed by atoms with Crippen LogP contribution in [-0.2, 0) is 0 Å². The molecule has 3 N–H and O–H groups in total. The summed E-state index contributed by atoms with van der Waals surface area (Å²) in [5.41, 5.74) is 5.79. The number of phenolic OH excluding ortho intramolecular Hbond substituents is 1. The monoisotopic (exact) mass is 227 g/mol. The van der Waals surface area contributed by atoms with E-state index in [9.17, 15) is 9.50 Å². The smallest absolute Gasteiger partial charge is 0.231 e. The van der Waals surface area contributed by atoms with Gasteiger partial charge in [-0.15, -0.1) is 0 Å². The van der Waals surface area contributed by atoms with Crippen molar-refractivity contribution in [2.75, 3.05) is 13.3 Å². The molecule has 1 atom stereocenters. The molecule has 0 saturated heterocycles. The van der Waals surface area contributed by atoms with Crippen LogP contribution >= 0.6 is 0 Å². The highest BCUT2D eigenvalue weighted by Crippen LogP contribution is 2.45. The molecule has 1 aliphatic heterocycles. The molecule has 1 aliphatic rings. The second-order valence-electron chi connectivity index (χ2n) is 3.84. The van der Waals surface area contributed by atoms with Gasteiger partial charge in [-0.2, -0.15) is 0 Å². The zero-order valence-corrected chi connectivity index (χ0v) is 9.00. The summed E-state index contributed by atoms with van der Waals surface area (Å²) >= 11 is 0. The SMILES string of the molecule is CC(CCN)c1c(F)c(O)cc2c1OCO2. The van der Waals surface area contributed by atoms with Crippen LogP contribution < -0.4 is 15.2 Å². The molecule has 0 aromatic heterocycles. The molecular weight excluding hydrogens is 213 g/mol. The van der Waals surface area contributed by atoms with Crippen LogP contribution in [0.5, 0.6) is 17.2 Å². The van der Waals surface area contributed by atoms with Crippen molar-refractivity contribution in [3.05, 3.63) is 17.4 Å². The Morgan fingerprint density at radius 2 is 2.31 bits per heavy atom. The van der Waals surface area contributed by atoms with Crippen molar-refractivity contribution in [3.8, 4) is 17.2 Å². The molecule has 0 fully saturated rings. The number of halogens is 1. The van der Waals surface area contributed by atoms with Gasteiger partial charge in [-0.3, -0.25) is 0 Å². The van der Waals surface area contributed by atoms with E-state index in [1.807, 2.05) is 6.92 Å². The molecule has 1 aromatic carbocycles. The maximum absolute atomic E-state index is 13.8. The summed E-state index contributed by atoms with van der Waals surface area (Å²) in [5, 5.41) is 9.44. The van der Waals surface area contributed by atoms with Crippen molar-refractivity contribution in [1.29, 1.82) is 0 Å². The van der Waals surface area contributed by atoms with Crippen molar-refractivity contribution in [2.24, 2.45) is 5.73 Å². The number of nitrogens with two attached hydrogens (primary N) is 1. The molecule has 0 bridgehead atoms. The largest absolute Gasteiger partial charge is 0.505 e. The third kappa shape index (κ3) is 1.67. The van der Waals surface area contributed by atoms with Crippen molar-refractivity contribution >= 4 is 0 Å². The van der Waals surface area contributed by atoms with Crippen molar-refractivity contribution in [1.82, 2.24) is 0 Å². The second-order valence-corrected chi connectivity index (χ2v) is 3.84. The van der Waals surface area contributed by atoms with Gasteiger partial charge in [0, 0.05) is 11.6 Å². The third-order valence-electron chi connectivity index (χ3n) is 2.71. The normalized spacial score (nSPS) is 15.2. The molecule has 0 spiro atoms. The average molecular weight is 227 g/mol. The van der Waals surface area contributed by atoms with Crippen LogP contribution in [0.1, 0.15) is 24.8 Å². The number of aromatic hydroxyl groups is 1. The Morgan fingerprint density at radius 3 is 3.00 bits per heavy atom. The van der Waals surface area contributed by atoms with Crippen LogP contribution in [0.3, 0.4) is 0 Å². The molecule has 88 valence electrons. The minimum Gasteiger partial charge on any atom is -0.505 e. The minimum atomic E-state index is -0.648. The second kappa shape index (κ2) is 4.17. The molecule has 16 heavy (non-hydrogen) atoms. The Morgan fingerprint density at radius 1 is 1.56 bits per heavy atom. The predicted molar refractivity (Wildman–Crippen MR) is 56.3 cm³/mol. The fourth-order valence-corrected chi connectivity index (χ4v) is 1.87. The average Bonchev–Trinajstić information content (AvgIpc) is 2.67. The molecule has 1 heterocycles. The highest BCUT2D eigenvalue weighted by Gasteiger charge is 2.27. The van der Waals surface area contributed by atoms with Crippen LogP contribution in [0.25, 0.3) is 0 Å². The van der Waals surface area contributed by atoms with Gasteiger partial charge in [0.2, 0.25) is 6.79 Å². The van der Waals surface area contributed by atoms with Crippen molar-refractivity contribution in [3.63, 3.8) is 0 Å². The molecule has 2 rings (SSSR count). The van der Waals surface area contributed by atoms with E-state index >= 15 is 0 Å². The van der Waals surface area contributed by atoms with E-state index < -0.39 is 11.6 Å². The lowest BCUT2D eigenvalue weighted by atomic mass is 9.95. The number of ether oxygens (including phenoxy) is 2. The first-order valence-electron chi connectivity index (χ1n) is 5.16.